The van der Waals surface area contributed by atoms with Gasteiger partial charge < -0.3 is 9.47 Å². The van der Waals surface area contributed by atoms with Crippen LogP contribution in [0.25, 0.3) is 0 Å². The molecule has 2 aromatic rings. The molecule has 0 saturated heterocycles. The van der Waals surface area contributed by atoms with Crippen LogP contribution in [0.5, 0.6) is 5.75 Å². The second-order valence-corrected chi connectivity index (χ2v) is 6.64. The minimum Gasteiger partial charge on any atom is -0.491 e. The average molecular weight is 360 g/mol. The lowest BCUT2D eigenvalue weighted by Crippen LogP contribution is -2.13. The van der Waals surface area contributed by atoms with Gasteiger partial charge in [0.15, 0.2) is 0 Å². The normalized spacial score (nSPS) is 11.3. The molecule has 0 amide bonds. The largest absolute Gasteiger partial charge is 0.491 e. The van der Waals surface area contributed by atoms with Gasteiger partial charge in [-0.3, -0.25) is 4.72 Å². The van der Waals surface area contributed by atoms with Crippen molar-refractivity contribution in [1.29, 1.82) is 0 Å². The molecule has 0 saturated carbocycles. The number of sulfonamides is 1. The predicted octanol–water partition coefficient (Wildman–Crippen LogP) is 3.31. The zero-order chi connectivity index (χ0) is 16.9. The van der Waals surface area contributed by atoms with Crippen LogP contribution in [0, 0.1) is 5.82 Å². The van der Waals surface area contributed by atoms with Crippen LogP contribution in [0.15, 0.2) is 47.4 Å². The summed E-state index contributed by atoms with van der Waals surface area (Å²) in [5.41, 5.74) is 0.178. The standard InChI is InChI=1S/C15H15ClFNO4S/c1-21-8-9-22-12-3-5-13(6-4-12)23(19,20)18-11-2-7-15(17)14(16)10-11/h2-7,10,18H,8-9H2,1H3. The summed E-state index contributed by atoms with van der Waals surface area (Å²) in [5.74, 6) is -0.0852. The molecule has 124 valence electrons. The van der Waals surface area contributed by atoms with Gasteiger partial charge in [-0.05, 0) is 42.5 Å². The molecule has 0 radical (unpaired) electrons. The molecule has 0 bridgehead atoms. The Balaban J connectivity index is 2.11. The summed E-state index contributed by atoms with van der Waals surface area (Å²) in [5, 5.41) is -0.160. The summed E-state index contributed by atoms with van der Waals surface area (Å²) in [6, 6.07) is 9.50. The van der Waals surface area contributed by atoms with Crippen LogP contribution in [0.3, 0.4) is 0 Å². The summed E-state index contributed by atoms with van der Waals surface area (Å²) >= 11 is 5.63. The molecule has 0 aliphatic carbocycles. The van der Waals surface area contributed by atoms with Gasteiger partial charge in [-0.25, -0.2) is 12.8 Å². The Morgan fingerprint density at radius 1 is 1.13 bits per heavy atom. The molecular weight excluding hydrogens is 345 g/mol. The number of rotatable bonds is 7. The Kier molecular flexibility index (Phi) is 5.81. The third-order valence-corrected chi connectivity index (χ3v) is 4.55. The Morgan fingerprint density at radius 2 is 1.83 bits per heavy atom. The minimum absolute atomic E-state index is 0.0528. The highest BCUT2D eigenvalue weighted by Crippen LogP contribution is 2.23. The van der Waals surface area contributed by atoms with Crippen molar-refractivity contribution in [3.63, 3.8) is 0 Å². The van der Waals surface area contributed by atoms with Crippen molar-refractivity contribution < 1.29 is 22.3 Å². The summed E-state index contributed by atoms with van der Waals surface area (Å²) in [4.78, 5) is 0.0528. The molecule has 2 aromatic carbocycles. The molecule has 2 rings (SSSR count). The number of hydrogen-bond acceptors (Lipinski definition) is 4. The van der Waals surface area contributed by atoms with Crippen molar-refractivity contribution in [2.75, 3.05) is 25.0 Å². The first-order valence-electron chi connectivity index (χ1n) is 6.62. The quantitative estimate of drug-likeness (QED) is 0.770. The van der Waals surface area contributed by atoms with Gasteiger partial charge in [0.1, 0.15) is 18.2 Å². The molecule has 0 aromatic heterocycles. The number of benzene rings is 2. The van der Waals surface area contributed by atoms with Crippen molar-refractivity contribution in [1.82, 2.24) is 0 Å². The van der Waals surface area contributed by atoms with Crippen LogP contribution >= 0.6 is 11.6 Å². The molecule has 23 heavy (non-hydrogen) atoms. The van der Waals surface area contributed by atoms with E-state index in [-0.39, 0.29) is 15.6 Å². The van der Waals surface area contributed by atoms with Gasteiger partial charge in [0.25, 0.3) is 10.0 Å². The molecule has 0 aliphatic heterocycles. The monoisotopic (exact) mass is 359 g/mol. The Labute approximate surface area is 139 Å². The molecule has 8 heteroatoms. The molecular formula is C15H15ClFNO4S. The van der Waals surface area contributed by atoms with Crippen molar-refractivity contribution >= 4 is 27.3 Å². The first-order valence-corrected chi connectivity index (χ1v) is 8.48. The number of methoxy groups -OCH3 is 1. The lowest BCUT2D eigenvalue weighted by molar-refractivity contribution is 0.146. The summed E-state index contributed by atoms with van der Waals surface area (Å²) < 4.78 is 50.2. The van der Waals surface area contributed by atoms with E-state index in [2.05, 4.69) is 4.72 Å². The highest BCUT2D eigenvalue weighted by atomic mass is 35.5. The molecule has 0 aliphatic rings. The van der Waals surface area contributed by atoms with Crippen LogP contribution in [0.4, 0.5) is 10.1 Å². The molecule has 0 atom stereocenters. The van der Waals surface area contributed by atoms with Gasteiger partial charge in [-0.15, -0.1) is 0 Å². The molecule has 0 unspecified atom stereocenters. The summed E-state index contributed by atoms with van der Waals surface area (Å²) in [7, 11) is -2.23. The fourth-order valence-corrected chi connectivity index (χ4v) is 2.96. The van der Waals surface area contributed by atoms with Crippen LogP contribution in [-0.2, 0) is 14.8 Å². The Bertz CT molecular complexity index is 766. The van der Waals surface area contributed by atoms with Crippen LogP contribution in [-0.4, -0.2) is 28.7 Å². The fourth-order valence-electron chi connectivity index (χ4n) is 1.73. The zero-order valence-electron chi connectivity index (χ0n) is 12.3. The van der Waals surface area contributed by atoms with Crippen molar-refractivity contribution in [3.8, 4) is 5.75 Å². The minimum atomic E-state index is -3.80. The van der Waals surface area contributed by atoms with Crippen LogP contribution in [0.2, 0.25) is 5.02 Å². The molecule has 0 spiro atoms. The predicted molar refractivity (Wildman–Crippen MR) is 86.0 cm³/mol. The smallest absolute Gasteiger partial charge is 0.261 e. The van der Waals surface area contributed by atoms with Gasteiger partial charge >= 0.3 is 0 Å². The molecule has 5 nitrogen and oxygen atoms in total. The first-order chi connectivity index (χ1) is 10.9. The third-order valence-electron chi connectivity index (χ3n) is 2.86. The molecule has 0 heterocycles. The summed E-state index contributed by atoms with van der Waals surface area (Å²) in [6.45, 7) is 0.807. The van der Waals surface area contributed by atoms with Crippen molar-refractivity contribution in [3.05, 3.63) is 53.3 Å². The molecule has 1 N–H and O–H groups in total. The van der Waals surface area contributed by atoms with E-state index < -0.39 is 15.8 Å². The van der Waals surface area contributed by atoms with E-state index in [4.69, 9.17) is 21.1 Å². The third kappa shape index (κ3) is 4.82. The second-order valence-electron chi connectivity index (χ2n) is 4.55. The van der Waals surface area contributed by atoms with Crippen molar-refractivity contribution in [2.45, 2.75) is 4.90 Å². The van der Waals surface area contributed by atoms with Crippen molar-refractivity contribution in [2.24, 2.45) is 0 Å². The maximum Gasteiger partial charge on any atom is 0.261 e. The number of nitrogens with one attached hydrogen (secondary N) is 1. The van der Waals surface area contributed by atoms with Gasteiger partial charge in [-0.1, -0.05) is 11.6 Å². The van der Waals surface area contributed by atoms with E-state index in [0.29, 0.717) is 19.0 Å². The second kappa shape index (κ2) is 7.63. The number of ether oxygens (including phenoxy) is 2. The first kappa shape index (κ1) is 17.5. The topological polar surface area (TPSA) is 64.6 Å². The zero-order valence-corrected chi connectivity index (χ0v) is 13.8. The number of halogens is 2. The fraction of sp³-hybridized carbons (Fsp3) is 0.200. The Hall–Kier alpha value is -1.83. The van der Waals surface area contributed by atoms with Gasteiger partial charge in [-0.2, -0.15) is 0 Å². The Morgan fingerprint density at radius 3 is 2.43 bits per heavy atom. The highest BCUT2D eigenvalue weighted by Gasteiger charge is 2.15. The van der Waals surface area contributed by atoms with Gasteiger partial charge in [0.05, 0.1) is 22.2 Å². The average Bonchev–Trinajstić information content (AvgIpc) is 2.51. The van der Waals surface area contributed by atoms with E-state index in [1.165, 1.54) is 24.3 Å². The lowest BCUT2D eigenvalue weighted by Gasteiger charge is -2.10. The summed E-state index contributed by atoms with van der Waals surface area (Å²) in [6.07, 6.45) is 0. The maximum absolute atomic E-state index is 13.1. The van der Waals surface area contributed by atoms with E-state index in [9.17, 15) is 12.8 Å². The number of anilines is 1. The van der Waals surface area contributed by atoms with E-state index >= 15 is 0 Å². The lowest BCUT2D eigenvalue weighted by atomic mass is 10.3. The van der Waals surface area contributed by atoms with Crippen LogP contribution < -0.4 is 9.46 Å². The maximum atomic E-state index is 13.1. The number of hydrogen-bond donors (Lipinski definition) is 1. The van der Waals surface area contributed by atoms with Gasteiger partial charge in [0, 0.05) is 7.11 Å². The molecule has 0 fully saturated rings. The van der Waals surface area contributed by atoms with Crippen LogP contribution in [0.1, 0.15) is 0 Å². The van der Waals surface area contributed by atoms with Gasteiger partial charge in [0.2, 0.25) is 0 Å². The van der Waals surface area contributed by atoms with E-state index in [1.807, 2.05) is 0 Å². The van der Waals surface area contributed by atoms with E-state index in [0.717, 1.165) is 6.07 Å². The van der Waals surface area contributed by atoms with E-state index in [1.54, 1.807) is 19.2 Å². The highest BCUT2D eigenvalue weighted by molar-refractivity contribution is 7.92. The SMILES string of the molecule is COCCOc1ccc(S(=O)(=O)Nc2ccc(F)c(Cl)c2)cc1.